The Morgan fingerprint density at radius 2 is 2.13 bits per heavy atom. The molecule has 0 bridgehead atoms. The molecule has 1 saturated heterocycles. The predicted molar refractivity (Wildman–Crippen MR) is 62.4 cm³/mol. The van der Waals surface area contributed by atoms with Crippen LogP contribution in [0.4, 0.5) is 5.82 Å². The number of aromatic nitrogens is 2. The summed E-state index contributed by atoms with van der Waals surface area (Å²) in [5.74, 6) is 1.71. The van der Waals surface area contributed by atoms with Crippen LogP contribution >= 0.6 is 11.6 Å². The van der Waals surface area contributed by atoms with Crippen molar-refractivity contribution in [2.75, 3.05) is 11.4 Å². The van der Waals surface area contributed by atoms with Gasteiger partial charge in [-0.25, -0.2) is 9.97 Å². The first-order valence-corrected chi connectivity index (χ1v) is 5.72. The van der Waals surface area contributed by atoms with Crippen molar-refractivity contribution < 1.29 is 0 Å². The Bertz CT molecular complexity index is 367. The van der Waals surface area contributed by atoms with Crippen LogP contribution in [-0.2, 0) is 0 Å². The first-order valence-electron chi connectivity index (χ1n) is 5.35. The van der Waals surface area contributed by atoms with E-state index in [9.17, 15) is 0 Å². The Morgan fingerprint density at radius 3 is 2.73 bits per heavy atom. The van der Waals surface area contributed by atoms with Crippen LogP contribution in [0.1, 0.15) is 25.8 Å². The fraction of sp³-hybridized carbons (Fsp3) is 0.636. The van der Waals surface area contributed by atoms with Crippen LogP contribution in [-0.4, -0.2) is 22.6 Å². The SMILES string of the molecule is Cc1c(Cl)ncnc1N1CCC(C)C1C. The molecule has 1 aliphatic rings. The summed E-state index contributed by atoms with van der Waals surface area (Å²) in [6, 6.07) is 0.537. The lowest BCUT2D eigenvalue weighted by molar-refractivity contribution is 0.544. The van der Waals surface area contributed by atoms with Gasteiger partial charge >= 0.3 is 0 Å². The van der Waals surface area contributed by atoms with Crippen molar-refractivity contribution >= 4 is 17.4 Å². The summed E-state index contributed by atoms with van der Waals surface area (Å²) in [4.78, 5) is 10.6. The molecule has 0 aliphatic carbocycles. The quantitative estimate of drug-likeness (QED) is 0.689. The molecule has 2 heterocycles. The highest BCUT2D eigenvalue weighted by Gasteiger charge is 2.29. The van der Waals surface area contributed by atoms with E-state index in [0.29, 0.717) is 11.2 Å². The standard InChI is InChI=1S/C11H16ClN3/c1-7-4-5-15(9(7)3)11-8(2)10(12)13-6-14-11/h6-7,9H,4-5H2,1-3H3. The summed E-state index contributed by atoms with van der Waals surface area (Å²) in [5.41, 5.74) is 0.986. The largest absolute Gasteiger partial charge is 0.353 e. The molecule has 4 heteroatoms. The molecule has 0 N–H and O–H groups in total. The second-order valence-corrected chi connectivity index (χ2v) is 4.67. The van der Waals surface area contributed by atoms with E-state index in [1.807, 2.05) is 6.92 Å². The van der Waals surface area contributed by atoms with Gasteiger partial charge in [0.05, 0.1) is 0 Å². The minimum Gasteiger partial charge on any atom is -0.353 e. The third-order valence-electron chi connectivity index (χ3n) is 3.41. The van der Waals surface area contributed by atoms with E-state index in [1.165, 1.54) is 6.42 Å². The minimum absolute atomic E-state index is 0.537. The van der Waals surface area contributed by atoms with E-state index in [1.54, 1.807) is 6.33 Å². The number of anilines is 1. The molecule has 2 atom stereocenters. The highest BCUT2D eigenvalue weighted by Crippen LogP contribution is 2.31. The Labute approximate surface area is 95.5 Å². The average Bonchev–Trinajstić information content (AvgIpc) is 2.53. The van der Waals surface area contributed by atoms with Gasteiger partial charge in [0, 0.05) is 18.2 Å². The van der Waals surface area contributed by atoms with Gasteiger partial charge in [0.15, 0.2) is 0 Å². The first kappa shape index (κ1) is 10.7. The molecular weight excluding hydrogens is 210 g/mol. The first-order chi connectivity index (χ1) is 7.11. The highest BCUT2D eigenvalue weighted by atomic mass is 35.5. The average molecular weight is 226 g/mol. The lowest BCUT2D eigenvalue weighted by Gasteiger charge is -2.25. The summed E-state index contributed by atoms with van der Waals surface area (Å²) in [5, 5.41) is 0.562. The molecule has 1 aliphatic heterocycles. The van der Waals surface area contributed by atoms with Gasteiger partial charge in [-0.05, 0) is 26.2 Å². The molecule has 3 nitrogen and oxygen atoms in total. The van der Waals surface area contributed by atoms with Gasteiger partial charge in [0.2, 0.25) is 0 Å². The zero-order valence-corrected chi connectivity index (χ0v) is 10.1. The van der Waals surface area contributed by atoms with Gasteiger partial charge in [-0.15, -0.1) is 0 Å². The van der Waals surface area contributed by atoms with Gasteiger partial charge in [0.25, 0.3) is 0 Å². The van der Waals surface area contributed by atoms with Crippen LogP contribution in [0.5, 0.6) is 0 Å². The third-order valence-corrected chi connectivity index (χ3v) is 3.79. The van der Waals surface area contributed by atoms with Gasteiger partial charge in [0.1, 0.15) is 17.3 Å². The van der Waals surface area contributed by atoms with Gasteiger partial charge in [-0.1, -0.05) is 18.5 Å². The van der Waals surface area contributed by atoms with Crippen LogP contribution in [0.15, 0.2) is 6.33 Å². The van der Waals surface area contributed by atoms with Crippen LogP contribution < -0.4 is 4.90 Å². The smallest absolute Gasteiger partial charge is 0.137 e. The number of hydrogen-bond acceptors (Lipinski definition) is 3. The summed E-state index contributed by atoms with van der Waals surface area (Å²) in [6.45, 7) is 7.57. The van der Waals surface area contributed by atoms with Gasteiger partial charge < -0.3 is 4.90 Å². The fourth-order valence-corrected chi connectivity index (χ4v) is 2.23. The Morgan fingerprint density at radius 1 is 1.40 bits per heavy atom. The Hall–Kier alpha value is -0.830. The van der Waals surface area contributed by atoms with Crippen molar-refractivity contribution in [3.8, 4) is 0 Å². The van der Waals surface area contributed by atoms with E-state index < -0.39 is 0 Å². The van der Waals surface area contributed by atoms with Crippen LogP contribution in [0, 0.1) is 12.8 Å². The summed E-state index contributed by atoms with van der Waals surface area (Å²) in [6.07, 6.45) is 2.77. The molecule has 2 unspecified atom stereocenters. The monoisotopic (exact) mass is 225 g/mol. The molecule has 0 saturated carbocycles. The summed E-state index contributed by atoms with van der Waals surface area (Å²) in [7, 11) is 0. The van der Waals surface area contributed by atoms with Crippen molar-refractivity contribution in [3.05, 3.63) is 17.0 Å². The summed E-state index contributed by atoms with van der Waals surface area (Å²) >= 11 is 6.00. The predicted octanol–water partition coefficient (Wildman–Crippen LogP) is 2.67. The number of halogens is 1. The number of nitrogens with zero attached hydrogens (tertiary/aromatic N) is 3. The molecular formula is C11H16ClN3. The molecule has 0 amide bonds. The van der Waals surface area contributed by atoms with E-state index in [4.69, 9.17) is 11.6 Å². The van der Waals surface area contributed by atoms with Crippen LogP contribution in [0.25, 0.3) is 0 Å². The number of rotatable bonds is 1. The second-order valence-electron chi connectivity index (χ2n) is 4.31. The van der Waals surface area contributed by atoms with Crippen molar-refractivity contribution in [2.45, 2.75) is 33.2 Å². The van der Waals surface area contributed by atoms with Crippen molar-refractivity contribution in [1.82, 2.24) is 9.97 Å². The van der Waals surface area contributed by atoms with Crippen LogP contribution in [0.3, 0.4) is 0 Å². The highest BCUT2D eigenvalue weighted by molar-refractivity contribution is 6.30. The minimum atomic E-state index is 0.537. The van der Waals surface area contributed by atoms with Crippen LogP contribution in [0.2, 0.25) is 5.15 Å². The van der Waals surface area contributed by atoms with Gasteiger partial charge in [-0.3, -0.25) is 0 Å². The van der Waals surface area contributed by atoms with E-state index in [-0.39, 0.29) is 0 Å². The van der Waals surface area contributed by atoms with Crippen molar-refractivity contribution in [1.29, 1.82) is 0 Å². The van der Waals surface area contributed by atoms with Crippen molar-refractivity contribution in [3.63, 3.8) is 0 Å². The van der Waals surface area contributed by atoms with E-state index in [2.05, 4.69) is 28.7 Å². The second kappa shape index (κ2) is 3.97. The zero-order chi connectivity index (χ0) is 11.0. The summed E-state index contributed by atoms with van der Waals surface area (Å²) < 4.78 is 0. The third kappa shape index (κ3) is 1.81. The normalized spacial score (nSPS) is 26.0. The maximum Gasteiger partial charge on any atom is 0.137 e. The topological polar surface area (TPSA) is 29.0 Å². The molecule has 0 aromatic carbocycles. The fourth-order valence-electron chi connectivity index (χ4n) is 2.10. The number of hydrogen-bond donors (Lipinski definition) is 0. The molecule has 1 aromatic rings. The maximum absolute atomic E-state index is 6.00. The molecule has 0 radical (unpaired) electrons. The lowest BCUT2D eigenvalue weighted by Crippen LogP contribution is -2.30. The lowest BCUT2D eigenvalue weighted by atomic mass is 10.1. The van der Waals surface area contributed by atoms with Gasteiger partial charge in [-0.2, -0.15) is 0 Å². The van der Waals surface area contributed by atoms with Crippen molar-refractivity contribution in [2.24, 2.45) is 5.92 Å². The molecule has 2 rings (SSSR count). The maximum atomic E-state index is 6.00. The molecule has 1 fully saturated rings. The molecule has 82 valence electrons. The molecule has 0 spiro atoms. The van der Waals surface area contributed by atoms with E-state index >= 15 is 0 Å². The Balaban J connectivity index is 2.34. The Kier molecular flexibility index (Phi) is 2.83. The molecule has 1 aromatic heterocycles. The molecule has 15 heavy (non-hydrogen) atoms. The zero-order valence-electron chi connectivity index (χ0n) is 9.37. The van der Waals surface area contributed by atoms with E-state index in [0.717, 1.165) is 23.8 Å².